The first kappa shape index (κ1) is 12.9. The maximum atomic E-state index is 11.6. The highest BCUT2D eigenvalue weighted by molar-refractivity contribution is 5.80. The predicted molar refractivity (Wildman–Crippen MR) is 65.1 cm³/mol. The summed E-state index contributed by atoms with van der Waals surface area (Å²) in [7, 11) is 0. The summed E-state index contributed by atoms with van der Waals surface area (Å²) in [6.45, 7) is 5.44. The fourth-order valence-electron chi connectivity index (χ4n) is 2.73. The number of hydrogen-bond acceptors (Lipinski definition) is 3. The van der Waals surface area contributed by atoms with Crippen molar-refractivity contribution in [1.82, 2.24) is 5.32 Å². The van der Waals surface area contributed by atoms with Crippen LogP contribution in [0.1, 0.15) is 33.6 Å². The molecule has 3 fully saturated rings. The normalized spacial score (nSPS) is 33.5. The van der Waals surface area contributed by atoms with Gasteiger partial charge < -0.3 is 15.2 Å². The number of ether oxygens (including phenoxy) is 1. The predicted octanol–water partition coefficient (Wildman–Crippen LogP) is 1.93. The van der Waals surface area contributed by atoms with Crippen LogP contribution in [0.5, 0.6) is 0 Å². The number of alkyl carbamates (subject to hydrolysis) is 1. The lowest BCUT2D eigenvalue weighted by Gasteiger charge is -2.66. The van der Waals surface area contributed by atoms with E-state index in [2.05, 4.69) is 5.32 Å². The van der Waals surface area contributed by atoms with Crippen LogP contribution in [0.4, 0.5) is 4.79 Å². The maximum Gasteiger partial charge on any atom is 0.407 e. The zero-order valence-electron chi connectivity index (χ0n) is 10.9. The van der Waals surface area contributed by atoms with Crippen molar-refractivity contribution in [2.24, 2.45) is 11.3 Å². The Morgan fingerprint density at radius 2 is 2.00 bits per heavy atom. The molecule has 0 aromatic carbocycles. The maximum absolute atomic E-state index is 11.6. The average molecular weight is 253 g/mol. The number of rotatable bonds is 3. The van der Waals surface area contributed by atoms with Crippen molar-refractivity contribution >= 4 is 12.1 Å². The second kappa shape index (κ2) is 4.00. The number of carbonyl (C=O) groups is 2. The molecule has 5 heteroatoms. The number of amides is 1. The Morgan fingerprint density at radius 3 is 2.39 bits per heavy atom. The van der Waals surface area contributed by atoms with Gasteiger partial charge in [-0.2, -0.15) is 0 Å². The summed E-state index contributed by atoms with van der Waals surface area (Å²) in [5.74, 6) is -0.480. The molecule has 0 aromatic rings. The van der Waals surface area contributed by atoms with E-state index in [9.17, 15) is 9.59 Å². The number of nitrogens with one attached hydrogen (secondary N) is 1. The van der Waals surface area contributed by atoms with E-state index in [4.69, 9.17) is 9.84 Å². The average Bonchev–Trinajstić information content (AvgIpc) is 2.09. The van der Waals surface area contributed by atoms with Crippen LogP contribution >= 0.6 is 0 Å². The van der Waals surface area contributed by atoms with Gasteiger partial charge in [-0.25, -0.2) is 9.59 Å². The Kier molecular flexibility index (Phi) is 2.87. The van der Waals surface area contributed by atoms with Crippen molar-refractivity contribution in [3.63, 3.8) is 0 Å². The SMILES string of the molecule is CC(C)(C)OC(=O)NC1C2CC1(C=CC(=O)O)C2. The highest BCUT2D eigenvalue weighted by atomic mass is 16.6. The van der Waals surface area contributed by atoms with Crippen molar-refractivity contribution in [3.8, 4) is 0 Å². The Labute approximate surface area is 106 Å². The molecule has 18 heavy (non-hydrogen) atoms. The molecule has 5 nitrogen and oxygen atoms in total. The van der Waals surface area contributed by atoms with Gasteiger partial charge in [-0.3, -0.25) is 0 Å². The number of hydrogen-bond donors (Lipinski definition) is 2. The van der Waals surface area contributed by atoms with Crippen molar-refractivity contribution in [1.29, 1.82) is 0 Å². The summed E-state index contributed by atoms with van der Waals surface area (Å²) < 4.78 is 5.19. The molecule has 2 N–H and O–H groups in total. The number of aliphatic carboxylic acids is 1. The van der Waals surface area contributed by atoms with E-state index in [-0.39, 0.29) is 11.5 Å². The van der Waals surface area contributed by atoms with E-state index in [1.54, 1.807) is 6.08 Å². The molecule has 0 spiro atoms. The van der Waals surface area contributed by atoms with Crippen LogP contribution in [0, 0.1) is 11.3 Å². The first-order valence-electron chi connectivity index (χ1n) is 6.14. The molecule has 3 saturated carbocycles. The van der Waals surface area contributed by atoms with Gasteiger partial charge in [-0.1, -0.05) is 6.08 Å². The molecule has 1 atom stereocenters. The number of carboxylic acids is 1. The molecule has 1 unspecified atom stereocenters. The van der Waals surface area contributed by atoms with Crippen LogP contribution in [0.2, 0.25) is 0 Å². The van der Waals surface area contributed by atoms with Gasteiger partial charge >= 0.3 is 12.1 Å². The first-order valence-corrected chi connectivity index (χ1v) is 6.14. The fraction of sp³-hybridized carbons (Fsp3) is 0.692. The highest BCUT2D eigenvalue weighted by Crippen LogP contribution is 2.65. The molecule has 0 radical (unpaired) electrons. The van der Waals surface area contributed by atoms with Gasteiger partial charge in [-0.15, -0.1) is 0 Å². The smallest absolute Gasteiger partial charge is 0.407 e. The fourth-order valence-corrected chi connectivity index (χ4v) is 2.73. The van der Waals surface area contributed by atoms with Gasteiger partial charge in [0.15, 0.2) is 0 Å². The van der Waals surface area contributed by atoms with Gasteiger partial charge in [0.25, 0.3) is 0 Å². The molecule has 0 aromatic heterocycles. The third-order valence-electron chi connectivity index (χ3n) is 3.61. The van der Waals surface area contributed by atoms with E-state index in [1.165, 1.54) is 6.08 Å². The van der Waals surface area contributed by atoms with E-state index in [1.807, 2.05) is 20.8 Å². The Bertz CT molecular complexity index is 402. The van der Waals surface area contributed by atoms with E-state index in [0.29, 0.717) is 5.92 Å². The minimum absolute atomic E-state index is 0.0305. The molecule has 3 rings (SSSR count). The Balaban J connectivity index is 1.89. The van der Waals surface area contributed by atoms with Crippen molar-refractivity contribution in [3.05, 3.63) is 12.2 Å². The van der Waals surface area contributed by atoms with Gasteiger partial charge in [-0.05, 0) is 39.5 Å². The van der Waals surface area contributed by atoms with E-state index in [0.717, 1.165) is 12.8 Å². The lowest BCUT2D eigenvalue weighted by Crippen LogP contribution is -2.71. The lowest BCUT2D eigenvalue weighted by atomic mass is 9.41. The minimum Gasteiger partial charge on any atom is -0.478 e. The number of carbonyl (C=O) groups excluding carboxylic acids is 1. The van der Waals surface area contributed by atoms with Crippen LogP contribution < -0.4 is 5.32 Å². The molecule has 2 bridgehead atoms. The van der Waals surface area contributed by atoms with Gasteiger partial charge in [0, 0.05) is 17.5 Å². The van der Waals surface area contributed by atoms with Crippen LogP contribution in [-0.2, 0) is 9.53 Å². The van der Waals surface area contributed by atoms with Gasteiger partial charge in [0.2, 0.25) is 0 Å². The molecule has 0 saturated heterocycles. The summed E-state index contributed by atoms with van der Waals surface area (Å²) in [4.78, 5) is 22.2. The monoisotopic (exact) mass is 253 g/mol. The zero-order valence-corrected chi connectivity index (χ0v) is 10.9. The summed E-state index contributed by atoms with van der Waals surface area (Å²) >= 11 is 0. The van der Waals surface area contributed by atoms with E-state index < -0.39 is 17.7 Å². The molecular weight excluding hydrogens is 234 g/mol. The van der Waals surface area contributed by atoms with Crippen molar-refractivity contribution in [2.75, 3.05) is 0 Å². The van der Waals surface area contributed by atoms with E-state index >= 15 is 0 Å². The second-order valence-corrected chi connectivity index (χ2v) is 6.20. The lowest BCUT2D eigenvalue weighted by molar-refractivity contribution is -0.132. The Morgan fingerprint density at radius 1 is 1.39 bits per heavy atom. The minimum atomic E-state index is -0.948. The number of carboxylic acid groups (broad SMARTS) is 1. The van der Waals surface area contributed by atoms with Gasteiger partial charge in [0.05, 0.1) is 0 Å². The zero-order chi connectivity index (χ0) is 13.6. The largest absolute Gasteiger partial charge is 0.478 e. The second-order valence-electron chi connectivity index (χ2n) is 6.20. The molecule has 1 amide bonds. The summed E-state index contributed by atoms with van der Waals surface area (Å²) in [6.07, 6.45) is 4.36. The third kappa shape index (κ3) is 2.35. The van der Waals surface area contributed by atoms with Crippen LogP contribution in [0.3, 0.4) is 0 Å². The summed E-state index contributed by atoms with van der Waals surface area (Å²) in [5.41, 5.74) is -0.665. The first-order chi connectivity index (χ1) is 8.22. The Hall–Kier alpha value is -1.52. The highest BCUT2D eigenvalue weighted by Gasteiger charge is 2.64. The van der Waals surface area contributed by atoms with Crippen molar-refractivity contribution < 1.29 is 19.4 Å². The van der Waals surface area contributed by atoms with Crippen LogP contribution in [-0.4, -0.2) is 28.8 Å². The quantitative estimate of drug-likeness (QED) is 0.753. The van der Waals surface area contributed by atoms with Crippen molar-refractivity contribution in [2.45, 2.75) is 45.3 Å². The van der Waals surface area contributed by atoms with Crippen LogP contribution in [0.25, 0.3) is 0 Å². The third-order valence-corrected chi connectivity index (χ3v) is 3.61. The summed E-state index contributed by atoms with van der Waals surface area (Å²) in [5, 5.41) is 11.5. The topological polar surface area (TPSA) is 75.6 Å². The molecular formula is C13H19NO4. The molecule has 100 valence electrons. The summed E-state index contributed by atoms with van der Waals surface area (Å²) in [6, 6.07) is 0.0305. The standard InChI is InChI=1S/C13H19NO4/c1-12(2,3)18-11(17)14-10-8-6-13(10,7-8)5-4-9(15)16/h4-5,8,10H,6-7H2,1-3H3,(H,14,17)(H,15,16). The molecule has 0 heterocycles. The van der Waals surface area contributed by atoms with Gasteiger partial charge in [0.1, 0.15) is 5.60 Å². The van der Waals surface area contributed by atoms with Crippen LogP contribution in [0.15, 0.2) is 12.2 Å². The molecule has 3 aliphatic carbocycles. The molecule has 3 aliphatic rings. The molecule has 0 aliphatic heterocycles.